The van der Waals surface area contributed by atoms with Gasteiger partial charge in [0.05, 0.1) is 0 Å². The quantitative estimate of drug-likeness (QED) is 0.431. The predicted octanol–water partition coefficient (Wildman–Crippen LogP) is 3.39. The molecule has 0 rings (SSSR count). The van der Waals surface area contributed by atoms with Crippen molar-refractivity contribution in [3.05, 3.63) is 0 Å². The highest BCUT2D eigenvalue weighted by molar-refractivity contribution is 5.81. The number of carboxylic acid groups (broad SMARTS) is 2. The maximum absolute atomic E-state index is 12.4. The Morgan fingerprint density at radius 3 is 1.52 bits per heavy atom. The largest absolute Gasteiger partial charge is 0.479 e. The molecule has 0 aromatic carbocycles. The van der Waals surface area contributed by atoms with Crippen LogP contribution in [0.3, 0.4) is 0 Å². The minimum absolute atomic E-state index is 0.232. The first-order chi connectivity index (χ1) is 11.9. The Hall–Kier alpha value is -1.63. The molecule has 3 atom stereocenters. The van der Waals surface area contributed by atoms with Crippen LogP contribution in [0.25, 0.3) is 0 Å². The molecule has 0 amide bonds. The molecule has 0 saturated heterocycles. The molecule has 7 nitrogen and oxygen atoms in total. The van der Waals surface area contributed by atoms with E-state index in [-0.39, 0.29) is 6.42 Å². The molecule has 0 fully saturated rings. The Morgan fingerprint density at radius 2 is 1.12 bits per heavy atom. The molecule has 0 spiro atoms. The molecule has 0 bridgehead atoms. The van der Waals surface area contributed by atoms with Crippen LogP contribution in [0.1, 0.15) is 78.6 Å². The number of carbonyl (C=O) groups excluding carboxylic acids is 1. The normalized spacial score (nSPS) is 14.5. The average molecular weight is 360 g/mol. The van der Waals surface area contributed by atoms with Crippen LogP contribution in [0, 0.1) is 0 Å². The minimum Gasteiger partial charge on any atom is -0.479 e. The van der Waals surface area contributed by atoms with Gasteiger partial charge in [0.25, 0.3) is 0 Å². The summed E-state index contributed by atoms with van der Waals surface area (Å²) >= 11 is 0. The molecule has 0 aromatic rings. The van der Waals surface area contributed by atoms with E-state index >= 15 is 0 Å². The summed E-state index contributed by atoms with van der Waals surface area (Å²) in [6.07, 6.45) is 1.84. The Kier molecular flexibility index (Phi) is 12.7. The van der Waals surface area contributed by atoms with Crippen molar-refractivity contribution in [3.8, 4) is 0 Å². The Labute approximate surface area is 149 Å². The van der Waals surface area contributed by atoms with Gasteiger partial charge in [-0.25, -0.2) is 14.4 Å². The van der Waals surface area contributed by atoms with Gasteiger partial charge in [-0.05, 0) is 25.7 Å². The molecule has 0 saturated carbocycles. The standard InChI is InChI=1S/C18H32O7/c1-4-7-10-13(16(19)20)24-15(12-9-6-3)18(23)25-14(17(21)22)11-8-5-2/h13-15H,4-12H2,1-3H3,(H,19,20)(H,21,22). The van der Waals surface area contributed by atoms with Gasteiger partial charge in [0.2, 0.25) is 0 Å². The third-order valence-electron chi connectivity index (χ3n) is 3.86. The lowest BCUT2D eigenvalue weighted by molar-refractivity contribution is -0.180. The Morgan fingerprint density at radius 1 is 0.720 bits per heavy atom. The molecule has 0 radical (unpaired) electrons. The summed E-state index contributed by atoms with van der Waals surface area (Å²) in [6, 6.07) is 0. The highest BCUT2D eigenvalue weighted by Gasteiger charge is 2.31. The van der Waals surface area contributed by atoms with Crippen molar-refractivity contribution < 1.29 is 34.1 Å². The van der Waals surface area contributed by atoms with Crippen LogP contribution >= 0.6 is 0 Å². The second kappa shape index (κ2) is 13.6. The lowest BCUT2D eigenvalue weighted by Gasteiger charge is -2.23. The van der Waals surface area contributed by atoms with Crippen molar-refractivity contribution in [2.75, 3.05) is 0 Å². The fourth-order valence-electron chi connectivity index (χ4n) is 2.31. The van der Waals surface area contributed by atoms with Gasteiger partial charge < -0.3 is 19.7 Å². The molecule has 0 aliphatic carbocycles. The van der Waals surface area contributed by atoms with Crippen molar-refractivity contribution in [2.24, 2.45) is 0 Å². The van der Waals surface area contributed by atoms with Gasteiger partial charge in [-0.3, -0.25) is 0 Å². The molecule has 0 heterocycles. The summed E-state index contributed by atoms with van der Waals surface area (Å²) in [5, 5.41) is 18.5. The lowest BCUT2D eigenvalue weighted by atomic mass is 10.1. The number of rotatable bonds is 15. The number of aliphatic carboxylic acids is 2. The smallest absolute Gasteiger partial charge is 0.345 e. The second-order valence-electron chi connectivity index (χ2n) is 6.14. The number of carboxylic acids is 2. The number of hydrogen-bond acceptors (Lipinski definition) is 5. The van der Waals surface area contributed by atoms with Crippen LogP contribution in [0.5, 0.6) is 0 Å². The van der Waals surface area contributed by atoms with Gasteiger partial charge in [-0.2, -0.15) is 0 Å². The zero-order valence-corrected chi connectivity index (χ0v) is 15.5. The van der Waals surface area contributed by atoms with Gasteiger partial charge in [-0.1, -0.05) is 52.9 Å². The van der Waals surface area contributed by atoms with Gasteiger partial charge in [0, 0.05) is 0 Å². The van der Waals surface area contributed by atoms with Crippen LogP contribution in [0.2, 0.25) is 0 Å². The van der Waals surface area contributed by atoms with E-state index < -0.39 is 36.2 Å². The van der Waals surface area contributed by atoms with Crippen LogP contribution in [0.4, 0.5) is 0 Å². The molecule has 0 aromatic heterocycles. The minimum atomic E-state index is -1.22. The molecule has 2 N–H and O–H groups in total. The molecule has 0 aliphatic heterocycles. The van der Waals surface area contributed by atoms with Gasteiger partial charge in [0.15, 0.2) is 18.3 Å². The van der Waals surface area contributed by atoms with Crippen molar-refractivity contribution in [1.82, 2.24) is 0 Å². The maximum atomic E-state index is 12.4. The van der Waals surface area contributed by atoms with Gasteiger partial charge in [-0.15, -0.1) is 0 Å². The van der Waals surface area contributed by atoms with Gasteiger partial charge >= 0.3 is 17.9 Å². The van der Waals surface area contributed by atoms with Crippen molar-refractivity contribution >= 4 is 17.9 Å². The zero-order valence-electron chi connectivity index (χ0n) is 15.5. The predicted molar refractivity (Wildman–Crippen MR) is 92.4 cm³/mol. The van der Waals surface area contributed by atoms with E-state index in [1.165, 1.54) is 0 Å². The number of carbonyl (C=O) groups is 3. The third kappa shape index (κ3) is 10.1. The molecular weight excluding hydrogens is 328 g/mol. The number of ether oxygens (including phenoxy) is 2. The van der Waals surface area contributed by atoms with E-state index in [9.17, 15) is 24.6 Å². The monoisotopic (exact) mass is 360 g/mol. The first-order valence-corrected chi connectivity index (χ1v) is 9.18. The van der Waals surface area contributed by atoms with E-state index in [0.29, 0.717) is 32.1 Å². The summed E-state index contributed by atoms with van der Waals surface area (Å²) < 4.78 is 10.6. The van der Waals surface area contributed by atoms with Crippen LogP contribution in [0.15, 0.2) is 0 Å². The molecule has 7 heteroatoms. The Balaban J connectivity index is 4.98. The molecule has 146 valence electrons. The summed E-state index contributed by atoms with van der Waals surface area (Å²) in [4.78, 5) is 34.9. The van der Waals surface area contributed by atoms with Crippen LogP contribution < -0.4 is 0 Å². The highest BCUT2D eigenvalue weighted by Crippen LogP contribution is 2.16. The zero-order chi connectivity index (χ0) is 19.2. The van der Waals surface area contributed by atoms with Crippen molar-refractivity contribution in [1.29, 1.82) is 0 Å². The highest BCUT2D eigenvalue weighted by atomic mass is 16.6. The number of unbranched alkanes of at least 4 members (excludes halogenated alkanes) is 3. The SMILES string of the molecule is CCCCC(OC(=O)C(CCCC)OC(CCCC)C(=O)O)C(=O)O. The van der Waals surface area contributed by atoms with E-state index in [1.807, 2.05) is 20.8 Å². The molecule has 0 aliphatic rings. The lowest BCUT2D eigenvalue weighted by Crippen LogP contribution is -2.38. The van der Waals surface area contributed by atoms with E-state index in [4.69, 9.17) is 9.47 Å². The van der Waals surface area contributed by atoms with Gasteiger partial charge in [0.1, 0.15) is 0 Å². The number of hydrogen-bond donors (Lipinski definition) is 2. The van der Waals surface area contributed by atoms with Crippen molar-refractivity contribution in [3.63, 3.8) is 0 Å². The summed E-state index contributed by atoms with van der Waals surface area (Å²) in [5.74, 6) is -3.11. The van der Waals surface area contributed by atoms with Crippen LogP contribution in [-0.2, 0) is 23.9 Å². The van der Waals surface area contributed by atoms with E-state index in [0.717, 1.165) is 19.3 Å². The fourth-order valence-corrected chi connectivity index (χ4v) is 2.31. The third-order valence-corrected chi connectivity index (χ3v) is 3.86. The van der Waals surface area contributed by atoms with Crippen molar-refractivity contribution in [2.45, 2.75) is 96.9 Å². The Bertz CT molecular complexity index is 408. The first-order valence-electron chi connectivity index (χ1n) is 9.18. The number of esters is 1. The second-order valence-corrected chi connectivity index (χ2v) is 6.14. The topological polar surface area (TPSA) is 110 Å². The van der Waals surface area contributed by atoms with E-state index in [2.05, 4.69) is 0 Å². The first kappa shape index (κ1) is 23.4. The summed E-state index contributed by atoms with van der Waals surface area (Å²) in [5.41, 5.74) is 0. The van der Waals surface area contributed by atoms with Crippen LogP contribution in [-0.4, -0.2) is 46.4 Å². The summed E-state index contributed by atoms with van der Waals surface area (Å²) in [7, 11) is 0. The summed E-state index contributed by atoms with van der Waals surface area (Å²) in [6.45, 7) is 5.79. The maximum Gasteiger partial charge on any atom is 0.345 e. The molecule has 25 heavy (non-hydrogen) atoms. The molecular formula is C18H32O7. The average Bonchev–Trinajstić information content (AvgIpc) is 2.57. The fraction of sp³-hybridized carbons (Fsp3) is 0.833. The molecule has 3 unspecified atom stereocenters. The van der Waals surface area contributed by atoms with E-state index in [1.54, 1.807) is 0 Å².